The number of alkyl halides is 3. The first-order valence-corrected chi connectivity index (χ1v) is 15.6. The molecule has 0 aliphatic rings. The molecule has 40 heavy (non-hydrogen) atoms. The Morgan fingerprint density at radius 1 is 1.02 bits per heavy atom. The molecule has 2 aromatic heterocycles. The molecule has 0 spiro atoms. The van der Waals surface area contributed by atoms with Crippen LogP contribution in [0.15, 0.2) is 48.8 Å². The summed E-state index contributed by atoms with van der Waals surface area (Å²) in [5.74, 6) is -0.640. The van der Waals surface area contributed by atoms with Crippen LogP contribution in [-0.2, 0) is 42.5 Å². The van der Waals surface area contributed by atoms with Crippen LogP contribution in [-0.4, -0.2) is 49.9 Å². The Morgan fingerprint density at radius 3 is 2.30 bits per heavy atom. The number of para-hydroxylation sites is 1. The second-order valence-electron chi connectivity index (χ2n) is 8.41. The third-order valence-electron chi connectivity index (χ3n) is 5.48. The molecule has 1 aromatic carbocycles. The number of nitrogens with one attached hydrogen (secondary N) is 2. The van der Waals surface area contributed by atoms with E-state index in [1.54, 1.807) is 38.1 Å². The van der Waals surface area contributed by atoms with E-state index < -0.39 is 35.2 Å². The van der Waals surface area contributed by atoms with Crippen LogP contribution in [0.5, 0.6) is 0 Å². The predicted molar refractivity (Wildman–Crippen MR) is 146 cm³/mol. The molecular formula is C24H30F3N6O5PS. The van der Waals surface area contributed by atoms with Crippen LogP contribution in [0.4, 0.5) is 36.4 Å². The molecule has 2 N–H and O–H groups in total. The fourth-order valence-electron chi connectivity index (χ4n) is 3.60. The van der Waals surface area contributed by atoms with Crippen LogP contribution < -0.4 is 14.9 Å². The summed E-state index contributed by atoms with van der Waals surface area (Å²) in [7, 11) is -5.85. The summed E-state index contributed by atoms with van der Waals surface area (Å²) in [5, 5.41) is 5.52. The van der Waals surface area contributed by atoms with Gasteiger partial charge in [0.05, 0.1) is 25.6 Å². The lowest BCUT2D eigenvalue weighted by Crippen LogP contribution is -2.27. The number of benzene rings is 1. The van der Waals surface area contributed by atoms with E-state index in [4.69, 9.17) is 9.05 Å². The molecule has 11 nitrogen and oxygen atoms in total. The molecule has 0 radical (unpaired) electrons. The van der Waals surface area contributed by atoms with Crippen LogP contribution in [0.2, 0.25) is 0 Å². The topological polar surface area (TPSA) is 136 Å². The number of sulfonamides is 1. The van der Waals surface area contributed by atoms with Crippen molar-refractivity contribution in [3.63, 3.8) is 0 Å². The molecule has 0 atom stereocenters. The Balaban J connectivity index is 1.93. The average Bonchev–Trinajstić information content (AvgIpc) is 2.87. The van der Waals surface area contributed by atoms with E-state index >= 15 is 0 Å². The van der Waals surface area contributed by atoms with Gasteiger partial charge >= 0.3 is 13.8 Å². The third kappa shape index (κ3) is 8.13. The van der Waals surface area contributed by atoms with Crippen molar-refractivity contribution in [3.8, 4) is 0 Å². The number of halogens is 3. The average molecular weight is 603 g/mol. The van der Waals surface area contributed by atoms with E-state index in [-0.39, 0.29) is 37.7 Å². The van der Waals surface area contributed by atoms with Crippen molar-refractivity contribution in [3.05, 3.63) is 65.5 Å². The van der Waals surface area contributed by atoms with Crippen molar-refractivity contribution in [1.29, 1.82) is 0 Å². The van der Waals surface area contributed by atoms with Crippen LogP contribution in [0.3, 0.4) is 0 Å². The van der Waals surface area contributed by atoms with Gasteiger partial charge in [-0.1, -0.05) is 24.3 Å². The smallest absolute Gasteiger partial charge is 0.365 e. The predicted octanol–water partition coefficient (Wildman–Crippen LogP) is 5.41. The second-order valence-corrected chi connectivity index (χ2v) is 12.5. The fraction of sp³-hybridized carbons (Fsp3) is 0.375. The second kappa shape index (κ2) is 12.9. The molecule has 3 rings (SSSR count). The van der Waals surface area contributed by atoms with E-state index in [1.165, 1.54) is 25.4 Å². The maximum Gasteiger partial charge on any atom is 0.421 e. The van der Waals surface area contributed by atoms with Crippen molar-refractivity contribution < 1.29 is 35.2 Å². The number of anilines is 4. The SMILES string of the molecule is CCOP(=O)(Cc1ccccc1Nc1ncc(C(F)(F)F)c(NCc2cccnc2N(C)S(C)(=O)=O)n1)OCC. The molecule has 0 saturated carbocycles. The van der Waals surface area contributed by atoms with Crippen LogP contribution >= 0.6 is 7.60 Å². The van der Waals surface area contributed by atoms with E-state index in [1.807, 2.05) is 0 Å². The Hall–Kier alpha value is -3.26. The van der Waals surface area contributed by atoms with Gasteiger partial charge in [-0.15, -0.1) is 0 Å². The molecule has 0 aliphatic carbocycles. The molecule has 218 valence electrons. The van der Waals surface area contributed by atoms with E-state index in [9.17, 15) is 26.2 Å². The highest BCUT2D eigenvalue weighted by Crippen LogP contribution is 2.52. The van der Waals surface area contributed by atoms with Crippen molar-refractivity contribution in [2.45, 2.75) is 32.7 Å². The number of pyridine rings is 1. The van der Waals surface area contributed by atoms with Gasteiger partial charge in [0.1, 0.15) is 17.2 Å². The van der Waals surface area contributed by atoms with E-state index in [0.29, 0.717) is 23.0 Å². The maximum absolute atomic E-state index is 13.8. The maximum atomic E-state index is 13.8. The zero-order valence-electron chi connectivity index (χ0n) is 22.3. The molecule has 0 saturated heterocycles. The van der Waals surface area contributed by atoms with Crippen molar-refractivity contribution in [2.24, 2.45) is 0 Å². The minimum atomic E-state index is -4.78. The fourth-order valence-corrected chi connectivity index (χ4v) is 5.82. The summed E-state index contributed by atoms with van der Waals surface area (Å²) < 4.78 is 90.1. The third-order valence-corrected chi connectivity index (χ3v) is 8.68. The lowest BCUT2D eigenvalue weighted by Gasteiger charge is -2.20. The van der Waals surface area contributed by atoms with Gasteiger partial charge in [0.15, 0.2) is 0 Å². The van der Waals surface area contributed by atoms with Crippen molar-refractivity contribution in [2.75, 3.05) is 41.5 Å². The summed E-state index contributed by atoms with van der Waals surface area (Å²) in [4.78, 5) is 11.9. The summed E-state index contributed by atoms with van der Waals surface area (Å²) in [6.07, 6.45) is -1.86. The summed E-state index contributed by atoms with van der Waals surface area (Å²) >= 11 is 0. The molecule has 0 amide bonds. The number of aromatic nitrogens is 3. The standard InChI is InChI=1S/C24H30F3N6O5PS/c1-5-37-39(34,38-6-2)16-18-10-7-8-12-20(18)31-23-30-15-19(24(25,26)27)21(32-23)29-14-17-11-9-13-28-22(17)33(3)40(4,35)36/h7-13,15H,5-6,14,16H2,1-4H3,(H2,29,30,31,32). The molecule has 16 heteroatoms. The molecular weight excluding hydrogens is 572 g/mol. The Kier molecular flexibility index (Phi) is 10.1. The minimum Gasteiger partial charge on any atom is -0.365 e. The number of hydrogen-bond donors (Lipinski definition) is 2. The lowest BCUT2D eigenvalue weighted by molar-refractivity contribution is -0.137. The molecule has 0 aliphatic heterocycles. The van der Waals surface area contributed by atoms with Gasteiger partial charge in [-0.2, -0.15) is 18.2 Å². The number of rotatable bonds is 13. The molecule has 0 fully saturated rings. The quantitative estimate of drug-likeness (QED) is 0.245. The Labute approximate surface area is 230 Å². The van der Waals surface area contributed by atoms with Crippen LogP contribution in [0.25, 0.3) is 0 Å². The zero-order valence-corrected chi connectivity index (χ0v) is 24.0. The van der Waals surface area contributed by atoms with Crippen molar-refractivity contribution in [1.82, 2.24) is 15.0 Å². The summed E-state index contributed by atoms with van der Waals surface area (Å²) in [6.45, 7) is 3.50. The Morgan fingerprint density at radius 2 is 1.68 bits per heavy atom. The summed E-state index contributed by atoms with van der Waals surface area (Å²) in [5.41, 5.74) is 0.127. The molecule has 0 bridgehead atoms. The first-order valence-electron chi connectivity index (χ1n) is 12.1. The van der Waals surface area contributed by atoms with Crippen LogP contribution in [0, 0.1) is 0 Å². The highest BCUT2D eigenvalue weighted by atomic mass is 32.2. The first-order chi connectivity index (χ1) is 18.8. The largest absolute Gasteiger partial charge is 0.421 e. The zero-order chi connectivity index (χ0) is 29.6. The van der Waals surface area contributed by atoms with E-state index in [0.717, 1.165) is 10.6 Å². The minimum absolute atomic E-state index is 0.0559. The number of nitrogens with zero attached hydrogens (tertiary/aromatic N) is 4. The first kappa shape index (κ1) is 31.3. The number of hydrogen-bond acceptors (Lipinski definition) is 10. The van der Waals surface area contributed by atoms with Crippen LogP contribution in [0.1, 0.15) is 30.5 Å². The summed E-state index contributed by atoms with van der Waals surface area (Å²) in [6, 6.07) is 9.78. The Bertz CT molecular complexity index is 1470. The molecule has 0 unspecified atom stereocenters. The van der Waals surface area contributed by atoms with Crippen molar-refractivity contribution >= 4 is 40.9 Å². The lowest BCUT2D eigenvalue weighted by atomic mass is 10.2. The van der Waals surface area contributed by atoms with Gasteiger partial charge < -0.3 is 19.7 Å². The van der Waals surface area contributed by atoms with Gasteiger partial charge in [-0.05, 0) is 31.5 Å². The highest BCUT2D eigenvalue weighted by molar-refractivity contribution is 7.92. The van der Waals surface area contributed by atoms with Gasteiger partial charge in [0.2, 0.25) is 16.0 Å². The van der Waals surface area contributed by atoms with Gasteiger partial charge in [-0.3, -0.25) is 8.87 Å². The van der Waals surface area contributed by atoms with Gasteiger partial charge in [0.25, 0.3) is 0 Å². The van der Waals surface area contributed by atoms with Gasteiger partial charge in [-0.25, -0.2) is 18.4 Å². The normalized spacial score (nSPS) is 12.3. The molecule has 2 heterocycles. The van der Waals surface area contributed by atoms with E-state index in [2.05, 4.69) is 25.6 Å². The monoisotopic (exact) mass is 602 g/mol. The highest BCUT2D eigenvalue weighted by Gasteiger charge is 2.35. The molecule has 3 aromatic rings. The van der Waals surface area contributed by atoms with Gasteiger partial charge in [0, 0.05) is 37.2 Å².